The first kappa shape index (κ1) is 14.0. The Morgan fingerprint density at radius 3 is 2.63 bits per heavy atom. The quantitative estimate of drug-likeness (QED) is 0.880. The van der Waals surface area contributed by atoms with E-state index in [4.69, 9.17) is 4.98 Å². The molecule has 0 amide bonds. The first-order valence-electron chi connectivity index (χ1n) is 6.68. The van der Waals surface area contributed by atoms with Crippen molar-refractivity contribution in [3.8, 4) is 0 Å². The number of aliphatic hydroxyl groups excluding tert-OH is 1. The van der Waals surface area contributed by atoms with Crippen LogP contribution < -0.4 is 0 Å². The van der Waals surface area contributed by atoms with Gasteiger partial charge in [-0.25, -0.2) is 4.98 Å². The van der Waals surface area contributed by atoms with Crippen LogP contribution in [-0.2, 0) is 19.4 Å². The average Bonchev–Trinajstić information content (AvgIpc) is 2.69. The highest BCUT2D eigenvalue weighted by Crippen LogP contribution is 2.29. The predicted octanol–water partition coefficient (Wildman–Crippen LogP) is 1.09. The van der Waals surface area contributed by atoms with Crippen molar-refractivity contribution in [1.82, 2.24) is 14.5 Å². The van der Waals surface area contributed by atoms with E-state index < -0.39 is 0 Å². The van der Waals surface area contributed by atoms with E-state index in [1.807, 2.05) is 13.8 Å². The number of aliphatic hydroxyl groups is 1. The molecule has 5 heteroatoms. The molecule has 0 saturated carbocycles. The molecule has 0 fully saturated rings. The highest BCUT2D eigenvalue weighted by Gasteiger charge is 2.20. The number of pyridine rings is 1. The van der Waals surface area contributed by atoms with Gasteiger partial charge in [-0.2, -0.15) is 0 Å². The fraction of sp³-hybridized carbons (Fsp3) is 0.571. The number of hydrogen-bond donors (Lipinski definition) is 1. The third kappa shape index (κ3) is 2.13. The summed E-state index contributed by atoms with van der Waals surface area (Å²) in [6, 6.07) is 0. The highest BCUT2D eigenvalue weighted by molar-refractivity contribution is 5.82. The van der Waals surface area contributed by atoms with Crippen molar-refractivity contribution in [2.45, 2.75) is 46.1 Å². The Bertz CT molecular complexity index is 604. The van der Waals surface area contributed by atoms with Crippen molar-refractivity contribution < 1.29 is 10.6 Å². The second-order valence-electron chi connectivity index (χ2n) is 5.06. The minimum Gasteiger partial charge on any atom is -0.412 e. The average molecular weight is 263 g/mol. The van der Waals surface area contributed by atoms with E-state index >= 15 is 0 Å². The molecule has 0 unspecified atom stereocenters. The third-order valence-corrected chi connectivity index (χ3v) is 3.85. The molecule has 0 radical (unpaired) electrons. The van der Waals surface area contributed by atoms with E-state index in [1.54, 1.807) is 0 Å². The predicted molar refractivity (Wildman–Crippen MR) is 74.3 cm³/mol. The van der Waals surface area contributed by atoms with Gasteiger partial charge in [0.2, 0.25) is 0 Å². The molecule has 0 atom stereocenters. The SMILES string of the molecule is Cc1nc2c(c3c1nc(C)n3CCO)CCCC2.O. The molecule has 1 aliphatic carbocycles. The van der Waals surface area contributed by atoms with Crippen LogP contribution in [0.1, 0.15) is 35.6 Å². The molecular formula is C14H21N3O2. The van der Waals surface area contributed by atoms with E-state index in [0.29, 0.717) is 6.54 Å². The Balaban J connectivity index is 0.00000133. The standard InChI is InChI=1S/C14H19N3O.H2O/c1-9-13-14(17(7-8-18)10(2)16-13)11-5-3-4-6-12(11)15-9;/h18H,3-8H2,1-2H3;1H2. The summed E-state index contributed by atoms with van der Waals surface area (Å²) >= 11 is 0. The molecule has 2 aromatic rings. The second-order valence-corrected chi connectivity index (χ2v) is 5.06. The van der Waals surface area contributed by atoms with Crippen molar-refractivity contribution in [2.24, 2.45) is 0 Å². The zero-order chi connectivity index (χ0) is 12.7. The van der Waals surface area contributed by atoms with E-state index in [9.17, 15) is 5.11 Å². The zero-order valence-corrected chi connectivity index (χ0v) is 11.5. The van der Waals surface area contributed by atoms with Crippen molar-refractivity contribution in [3.63, 3.8) is 0 Å². The largest absolute Gasteiger partial charge is 0.412 e. The Hall–Kier alpha value is -1.46. The summed E-state index contributed by atoms with van der Waals surface area (Å²) in [6.45, 7) is 4.82. The summed E-state index contributed by atoms with van der Waals surface area (Å²) in [7, 11) is 0. The summed E-state index contributed by atoms with van der Waals surface area (Å²) in [5.74, 6) is 0.975. The molecule has 2 heterocycles. The summed E-state index contributed by atoms with van der Waals surface area (Å²) in [5, 5.41) is 9.23. The number of rotatable bonds is 2. The number of aryl methyl sites for hydroxylation is 4. The van der Waals surface area contributed by atoms with Gasteiger partial charge in [0.05, 0.1) is 17.8 Å². The van der Waals surface area contributed by atoms with Crippen LogP contribution in [0.5, 0.6) is 0 Å². The highest BCUT2D eigenvalue weighted by atomic mass is 16.3. The van der Waals surface area contributed by atoms with Crippen LogP contribution in [0.25, 0.3) is 11.0 Å². The first-order chi connectivity index (χ1) is 8.72. The van der Waals surface area contributed by atoms with Crippen LogP contribution in [-0.4, -0.2) is 31.7 Å². The third-order valence-electron chi connectivity index (χ3n) is 3.85. The van der Waals surface area contributed by atoms with Gasteiger partial charge in [-0.1, -0.05) is 0 Å². The molecule has 1 aliphatic rings. The summed E-state index contributed by atoms with van der Waals surface area (Å²) in [6.07, 6.45) is 4.64. The number of hydrogen-bond acceptors (Lipinski definition) is 3. The van der Waals surface area contributed by atoms with Crippen LogP contribution in [0.15, 0.2) is 0 Å². The Morgan fingerprint density at radius 1 is 1.16 bits per heavy atom. The van der Waals surface area contributed by atoms with Crippen LogP contribution in [0.2, 0.25) is 0 Å². The maximum atomic E-state index is 9.23. The maximum absolute atomic E-state index is 9.23. The number of imidazole rings is 1. The fourth-order valence-electron chi connectivity index (χ4n) is 3.02. The Morgan fingerprint density at radius 2 is 1.89 bits per heavy atom. The molecular weight excluding hydrogens is 242 g/mol. The van der Waals surface area contributed by atoms with Crippen LogP contribution >= 0.6 is 0 Å². The van der Waals surface area contributed by atoms with Crippen LogP contribution in [0.3, 0.4) is 0 Å². The van der Waals surface area contributed by atoms with Gasteiger partial charge in [-0.05, 0) is 45.1 Å². The molecule has 0 spiro atoms. The van der Waals surface area contributed by atoms with E-state index in [-0.39, 0.29) is 12.1 Å². The molecule has 0 bridgehead atoms. The van der Waals surface area contributed by atoms with Gasteiger partial charge in [0.15, 0.2) is 0 Å². The van der Waals surface area contributed by atoms with E-state index in [2.05, 4.69) is 9.55 Å². The van der Waals surface area contributed by atoms with Crippen LogP contribution in [0.4, 0.5) is 0 Å². The van der Waals surface area contributed by atoms with Crippen molar-refractivity contribution >= 4 is 11.0 Å². The molecule has 0 saturated heterocycles. The molecule has 19 heavy (non-hydrogen) atoms. The van der Waals surface area contributed by atoms with Crippen molar-refractivity contribution in [2.75, 3.05) is 6.61 Å². The minimum absolute atomic E-state index is 0. The summed E-state index contributed by atoms with van der Waals surface area (Å²) < 4.78 is 2.15. The molecule has 5 nitrogen and oxygen atoms in total. The zero-order valence-electron chi connectivity index (χ0n) is 11.5. The normalized spacial score (nSPS) is 14.3. The Labute approximate surface area is 112 Å². The molecule has 0 aliphatic heterocycles. The molecule has 104 valence electrons. The Kier molecular flexibility index (Phi) is 3.87. The lowest BCUT2D eigenvalue weighted by molar-refractivity contribution is 0.276. The van der Waals surface area contributed by atoms with E-state index in [1.165, 1.54) is 29.6 Å². The van der Waals surface area contributed by atoms with Gasteiger partial charge >= 0.3 is 0 Å². The lowest BCUT2D eigenvalue weighted by Crippen LogP contribution is -2.11. The first-order valence-corrected chi connectivity index (χ1v) is 6.68. The summed E-state index contributed by atoms with van der Waals surface area (Å²) in [4.78, 5) is 9.35. The van der Waals surface area contributed by atoms with Gasteiger partial charge in [-0.3, -0.25) is 4.98 Å². The molecule has 0 aromatic carbocycles. The van der Waals surface area contributed by atoms with Gasteiger partial charge < -0.3 is 15.1 Å². The van der Waals surface area contributed by atoms with Crippen molar-refractivity contribution in [3.05, 3.63) is 22.8 Å². The fourth-order valence-corrected chi connectivity index (χ4v) is 3.02. The smallest absolute Gasteiger partial charge is 0.110 e. The number of aromatic nitrogens is 3. The topological polar surface area (TPSA) is 82.4 Å². The number of nitrogens with zero attached hydrogens (tertiary/aromatic N) is 3. The summed E-state index contributed by atoms with van der Waals surface area (Å²) in [5.41, 5.74) is 5.84. The number of fused-ring (bicyclic) bond motifs is 3. The van der Waals surface area contributed by atoms with Crippen molar-refractivity contribution in [1.29, 1.82) is 0 Å². The van der Waals surface area contributed by atoms with Crippen LogP contribution in [0, 0.1) is 13.8 Å². The lowest BCUT2D eigenvalue weighted by atomic mass is 9.94. The second kappa shape index (κ2) is 5.27. The van der Waals surface area contributed by atoms with E-state index in [0.717, 1.165) is 29.9 Å². The molecule has 2 aromatic heterocycles. The van der Waals surface area contributed by atoms with Gasteiger partial charge in [-0.15, -0.1) is 0 Å². The maximum Gasteiger partial charge on any atom is 0.110 e. The monoisotopic (exact) mass is 263 g/mol. The van der Waals surface area contributed by atoms with Gasteiger partial charge in [0, 0.05) is 12.2 Å². The molecule has 3 N–H and O–H groups in total. The van der Waals surface area contributed by atoms with Gasteiger partial charge in [0.1, 0.15) is 11.3 Å². The lowest BCUT2D eigenvalue weighted by Gasteiger charge is -2.18. The molecule has 3 rings (SSSR count). The minimum atomic E-state index is 0. The van der Waals surface area contributed by atoms with Gasteiger partial charge in [0.25, 0.3) is 0 Å².